The van der Waals surface area contributed by atoms with Gasteiger partial charge in [-0.1, -0.05) is 24.3 Å². The van der Waals surface area contributed by atoms with Crippen molar-refractivity contribution in [3.8, 4) is 11.5 Å². The van der Waals surface area contributed by atoms with Crippen LogP contribution in [-0.4, -0.2) is 25.2 Å². The highest BCUT2D eigenvalue weighted by molar-refractivity contribution is 5.95. The van der Waals surface area contributed by atoms with Gasteiger partial charge in [-0.15, -0.1) is 0 Å². The highest BCUT2D eigenvalue weighted by Gasteiger charge is 2.24. The minimum absolute atomic E-state index is 0.0313. The largest absolute Gasteiger partial charge is 0.486 e. The molecule has 0 aliphatic carbocycles. The van der Waals surface area contributed by atoms with Gasteiger partial charge in [-0.05, 0) is 29.7 Å². The number of nitrogens with one attached hydrogen (secondary N) is 2. The van der Waals surface area contributed by atoms with Gasteiger partial charge in [0.1, 0.15) is 13.2 Å². The lowest BCUT2D eigenvalue weighted by atomic mass is 9.95. The summed E-state index contributed by atoms with van der Waals surface area (Å²) in [5.74, 6) is 1.37. The Labute approximate surface area is 134 Å². The van der Waals surface area contributed by atoms with Crippen molar-refractivity contribution < 1.29 is 14.3 Å². The predicted molar refractivity (Wildman–Crippen MR) is 86.8 cm³/mol. The van der Waals surface area contributed by atoms with Crippen molar-refractivity contribution >= 4 is 11.6 Å². The Morgan fingerprint density at radius 1 is 1.04 bits per heavy atom. The first-order valence-corrected chi connectivity index (χ1v) is 7.80. The summed E-state index contributed by atoms with van der Waals surface area (Å²) in [4.78, 5) is 12.5. The SMILES string of the molecule is O=C(Nc1ccc2c(c1)OCCO2)[C@@H]1Cc2ccccc2CN1. The molecule has 0 saturated carbocycles. The van der Waals surface area contributed by atoms with Crippen molar-refractivity contribution in [2.24, 2.45) is 0 Å². The molecule has 4 rings (SSSR count). The molecule has 2 heterocycles. The lowest BCUT2D eigenvalue weighted by molar-refractivity contribution is -0.118. The zero-order valence-electron chi connectivity index (χ0n) is 12.7. The van der Waals surface area contributed by atoms with Crippen LogP contribution < -0.4 is 20.1 Å². The van der Waals surface area contributed by atoms with E-state index in [-0.39, 0.29) is 11.9 Å². The van der Waals surface area contributed by atoms with Crippen molar-refractivity contribution in [3.63, 3.8) is 0 Å². The van der Waals surface area contributed by atoms with Crippen LogP contribution in [-0.2, 0) is 17.8 Å². The third kappa shape index (κ3) is 2.87. The summed E-state index contributed by atoms with van der Waals surface area (Å²) < 4.78 is 11.0. The number of rotatable bonds is 2. The topological polar surface area (TPSA) is 59.6 Å². The van der Waals surface area contributed by atoms with E-state index in [1.165, 1.54) is 11.1 Å². The molecule has 1 atom stereocenters. The number of carbonyl (C=O) groups excluding carboxylic acids is 1. The molecular weight excluding hydrogens is 292 g/mol. The van der Waals surface area contributed by atoms with E-state index in [1.807, 2.05) is 30.3 Å². The van der Waals surface area contributed by atoms with Gasteiger partial charge in [0, 0.05) is 18.3 Å². The Morgan fingerprint density at radius 3 is 2.70 bits per heavy atom. The van der Waals surface area contributed by atoms with E-state index >= 15 is 0 Å². The molecule has 0 fully saturated rings. The number of carbonyl (C=O) groups is 1. The molecule has 5 nitrogen and oxygen atoms in total. The maximum Gasteiger partial charge on any atom is 0.241 e. The van der Waals surface area contributed by atoms with Gasteiger partial charge in [-0.2, -0.15) is 0 Å². The Morgan fingerprint density at radius 2 is 1.83 bits per heavy atom. The molecule has 0 saturated heterocycles. The average molecular weight is 310 g/mol. The predicted octanol–water partition coefficient (Wildman–Crippen LogP) is 2.11. The number of ether oxygens (including phenoxy) is 2. The van der Waals surface area contributed by atoms with E-state index in [0.717, 1.165) is 18.0 Å². The summed E-state index contributed by atoms with van der Waals surface area (Å²) in [6.45, 7) is 1.81. The minimum atomic E-state index is -0.224. The maximum atomic E-state index is 12.5. The summed E-state index contributed by atoms with van der Waals surface area (Å²) in [5.41, 5.74) is 3.21. The molecule has 2 N–H and O–H groups in total. The van der Waals surface area contributed by atoms with Crippen LogP contribution in [0.3, 0.4) is 0 Å². The van der Waals surface area contributed by atoms with Gasteiger partial charge in [0.05, 0.1) is 6.04 Å². The van der Waals surface area contributed by atoms with Gasteiger partial charge in [-0.3, -0.25) is 4.79 Å². The summed E-state index contributed by atoms with van der Waals surface area (Å²) in [5, 5.41) is 6.25. The van der Waals surface area contributed by atoms with Crippen molar-refractivity contribution in [3.05, 3.63) is 53.6 Å². The standard InChI is InChI=1S/C18H18N2O3/c21-18(15-9-12-3-1-2-4-13(12)11-19-15)20-14-5-6-16-17(10-14)23-8-7-22-16/h1-6,10,15,19H,7-9,11H2,(H,20,21)/t15-/m0/s1. The first-order chi connectivity index (χ1) is 11.3. The summed E-state index contributed by atoms with van der Waals surface area (Å²) in [7, 11) is 0. The van der Waals surface area contributed by atoms with Crippen molar-refractivity contribution in [1.29, 1.82) is 0 Å². The van der Waals surface area contributed by atoms with Crippen LogP contribution in [0.4, 0.5) is 5.69 Å². The highest BCUT2D eigenvalue weighted by atomic mass is 16.6. The van der Waals surface area contributed by atoms with Crippen LogP contribution in [0.2, 0.25) is 0 Å². The zero-order valence-corrected chi connectivity index (χ0v) is 12.7. The zero-order chi connectivity index (χ0) is 15.6. The van der Waals surface area contributed by atoms with Gasteiger partial charge >= 0.3 is 0 Å². The number of anilines is 1. The van der Waals surface area contributed by atoms with Crippen molar-refractivity contribution in [2.45, 2.75) is 19.0 Å². The van der Waals surface area contributed by atoms with Crippen LogP contribution in [0.5, 0.6) is 11.5 Å². The summed E-state index contributed by atoms with van der Waals surface area (Å²) in [6.07, 6.45) is 0.701. The molecule has 1 amide bonds. The molecular formula is C18H18N2O3. The van der Waals surface area contributed by atoms with E-state index in [1.54, 1.807) is 0 Å². The van der Waals surface area contributed by atoms with Crippen molar-refractivity contribution in [2.75, 3.05) is 18.5 Å². The smallest absolute Gasteiger partial charge is 0.241 e. The van der Waals surface area contributed by atoms with Gasteiger partial charge in [0.2, 0.25) is 5.91 Å². The molecule has 2 aromatic rings. The van der Waals surface area contributed by atoms with E-state index in [4.69, 9.17) is 9.47 Å². The van der Waals surface area contributed by atoms with Crippen LogP contribution in [0, 0.1) is 0 Å². The first kappa shape index (κ1) is 14.1. The molecule has 0 aromatic heterocycles. The highest BCUT2D eigenvalue weighted by Crippen LogP contribution is 2.32. The van der Waals surface area contributed by atoms with Crippen molar-refractivity contribution in [1.82, 2.24) is 5.32 Å². The van der Waals surface area contributed by atoms with Crippen LogP contribution >= 0.6 is 0 Å². The monoisotopic (exact) mass is 310 g/mol. The lowest BCUT2D eigenvalue weighted by Crippen LogP contribution is -2.44. The first-order valence-electron chi connectivity index (χ1n) is 7.80. The van der Waals surface area contributed by atoms with Gasteiger partial charge in [-0.25, -0.2) is 0 Å². The average Bonchev–Trinajstić information content (AvgIpc) is 2.61. The van der Waals surface area contributed by atoms with E-state index in [9.17, 15) is 4.79 Å². The Kier molecular flexibility index (Phi) is 3.63. The molecule has 2 aromatic carbocycles. The Balaban J connectivity index is 1.46. The number of amides is 1. The second-order valence-corrected chi connectivity index (χ2v) is 5.75. The fourth-order valence-electron chi connectivity index (χ4n) is 2.99. The quantitative estimate of drug-likeness (QED) is 0.892. The lowest BCUT2D eigenvalue weighted by Gasteiger charge is -2.25. The van der Waals surface area contributed by atoms with Gasteiger partial charge in [0.15, 0.2) is 11.5 Å². The van der Waals surface area contributed by atoms with Crippen LogP contribution in [0.25, 0.3) is 0 Å². The maximum absolute atomic E-state index is 12.5. The molecule has 5 heteroatoms. The molecule has 0 bridgehead atoms. The normalized spacial score (nSPS) is 18.9. The van der Waals surface area contributed by atoms with E-state index < -0.39 is 0 Å². The molecule has 23 heavy (non-hydrogen) atoms. The third-order valence-corrected chi connectivity index (χ3v) is 4.21. The van der Waals surface area contributed by atoms with Crippen LogP contribution in [0.15, 0.2) is 42.5 Å². The minimum Gasteiger partial charge on any atom is -0.486 e. The molecule has 2 aliphatic rings. The summed E-state index contributed by atoms with van der Waals surface area (Å²) >= 11 is 0. The molecule has 0 unspecified atom stereocenters. The summed E-state index contributed by atoms with van der Waals surface area (Å²) in [6, 6.07) is 13.5. The van der Waals surface area contributed by atoms with E-state index in [0.29, 0.717) is 25.4 Å². The molecule has 0 spiro atoms. The second kappa shape index (κ2) is 5.93. The third-order valence-electron chi connectivity index (χ3n) is 4.21. The Hall–Kier alpha value is -2.53. The second-order valence-electron chi connectivity index (χ2n) is 5.75. The molecule has 2 aliphatic heterocycles. The van der Waals surface area contributed by atoms with Gasteiger partial charge < -0.3 is 20.1 Å². The molecule has 118 valence electrons. The number of hydrogen-bond donors (Lipinski definition) is 2. The fraction of sp³-hybridized carbons (Fsp3) is 0.278. The Bertz CT molecular complexity index is 745. The number of hydrogen-bond acceptors (Lipinski definition) is 4. The molecule has 0 radical (unpaired) electrons. The van der Waals surface area contributed by atoms with E-state index in [2.05, 4.69) is 22.8 Å². The number of benzene rings is 2. The van der Waals surface area contributed by atoms with Crippen LogP contribution in [0.1, 0.15) is 11.1 Å². The fourth-order valence-corrected chi connectivity index (χ4v) is 2.99. The van der Waals surface area contributed by atoms with Gasteiger partial charge in [0.25, 0.3) is 0 Å². The number of fused-ring (bicyclic) bond motifs is 2.